The minimum atomic E-state index is -3.06. The molecule has 2 rings (SSSR count). The topological polar surface area (TPSA) is 60.2 Å². The van der Waals surface area contributed by atoms with E-state index in [1.165, 1.54) is 5.56 Å². The third-order valence-corrected chi connectivity index (χ3v) is 5.87. The van der Waals surface area contributed by atoms with Crippen LogP contribution in [-0.4, -0.2) is 19.4 Å². The smallest absolute Gasteiger partial charge is 0.154 e. The molecule has 0 aromatic heterocycles. The first-order valence-electron chi connectivity index (χ1n) is 6.11. The predicted molar refractivity (Wildman–Crippen MR) is 69.6 cm³/mol. The van der Waals surface area contributed by atoms with Crippen molar-refractivity contribution in [2.24, 2.45) is 5.73 Å². The van der Waals surface area contributed by atoms with Gasteiger partial charge in [-0.15, -0.1) is 0 Å². The minimum absolute atomic E-state index is 0.174. The largest absolute Gasteiger partial charge is 0.323 e. The summed E-state index contributed by atoms with van der Waals surface area (Å²) in [4.78, 5) is 0. The summed E-state index contributed by atoms with van der Waals surface area (Å²) in [5.41, 5.74) is 8.38. The van der Waals surface area contributed by atoms with Crippen LogP contribution >= 0.6 is 0 Å². The molecular weight excluding hydrogens is 234 g/mol. The zero-order chi connectivity index (χ0) is 12.5. The summed E-state index contributed by atoms with van der Waals surface area (Å²) in [6.45, 7) is 1.69. The summed E-state index contributed by atoms with van der Waals surface area (Å²) in [6.07, 6.45) is 2.50. The number of benzene rings is 1. The molecule has 1 aromatic carbocycles. The molecule has 1 aliphatic carbocycles. The summed E-state index contributed by atoms with van der Waals surface area (Å²) in [5, 5.41) is -0.420. The first-order chi connectivity index (χ1) is 8.06. The van der Waals surface area contributed by atoms with Crippen LogP contribution in [0.5, 0.6) is 0 Å². The van der Waals surface area contributed by atoms with E-state index < -0.39 is 15.1 Å². The van der Waals surface area contributed by atoms with Crippen molar-refractivity contribution in [1.82, 2.24) is 0 Å². The maximum Gasteiger partial charge on any atom is 0.154 e. The Balaban J connectivity index is 2.42. The van der Waals surface area contributed by atoms with Crippen molar-refractivity contribution in [1.29, 1.82) is 0 Å². The molecule has 0 radical (unpaired) electrons. The van der Waals surface area contributed by atoms with E-state index in [0.29, 0.717) is 6.42 Å². The molecule has 0 heterocycles. The Morgan fingerprint density at radius 3 is 2.76 bits per heavy atom. The number of nitrogens with two attached hydrogens (primary N) is 1. The van der Waals surface area contributed by atoms with Gasteiger partial charge in [0.15, 0.2) is 9.84 Å². The number of hydrogen-bond donors (Lipinski definition) is 1. The second-order valence-corrected chi connectivity index (χ2v) is 7.12. The highest BCUT2D eigenvalue weighted by Gasteiger charge is 2.33. The van der Waals surface area contributed by atoms with Gasteiger partial charge in [-0.25, -0.2) is 8.42 Å². The quantitative estimate of drug-likeness (QED) is 0.818. The van der Waals surface area contributed by atoms with Crippen molar-refractivity contribution in [3.8, 4) is 0 Å². The number of hydrogen-bond acceptors (Lipinski definition) is 3. The molecule has 0 amide bonds. The number of aryl methyl sites for hydroxylation is 1. The molecule has 2 N–H and O–H groups in total. The van der Waals surface area contributed by atoms with Gasteiger partial charge < -0.3 is 5.73 Å². The second-order valence-electron chi connectivity index (χ2n) is 4.61. The van der Waals surface area contributed by atoms with E-state index in [4.69, 9.17) is 5.73 Å². The molecule has 2 unspecified atom stereocenters. The molecule has 0 saturated heterocycles. The van der Waals surface area contributed by atoms with Gasteiger partial charge in [0.2, 0.25) is 0 Å². The van der Waals surface area contributed by atoms with Crippen molar-refractivity contribution in [2.45, 2.75) is 37.5 Å². The minimum Gasteiger partial charge on any atom is -0.323 e. The Kier molecular flexibility index (Phi) is 3.54. The lowest BCUT2D eigenvalue weighted by atomic mass is 10.00. The molecule has 0 fully saturated rings. The van der Waals surface area contributed by atoms with Crippen molar-refractivity contribution in [2.75, 3.05) is 5.75 Å². The number of fused-ring (bicyclic) bond motifs is 1. The van der Waals surface area contributed by atoms with Crippen LogP contribution in [0.3, 0.4) is 0 Å². The summed E-state index contributed by atoms with van der Waals surface area (Å²) >= 11 is 0. The Bertz CT molecular complexity index is 496. The second kappa shape index (κ2) is 4.78. The van der Waals surface area contributed by atoms with Crippen LogP contribution in [0, 0.1) is 0 Å². The maximum atomic E-state index is 12.0. The Hall–Kier alpha value is -0.870. The molecule has 0 spiro atoms. The Morgan fingerprint density at radius 1 is 1.35 bits per heavy atom. The molecule has 3 nitrogen and oxygen atoms in total. The third-order valence-electron chi connectivity index (χ3n) is 3.61. The van der Waals surface area contributed by atoms with Crippen LogP contribution in [0.4, 0.5) is 0 Å². The zero-order valence-electron chi connectivity index (χ0n) is 10.1. The van der Waals surface area contributed by atoms with E-state index >= 15 is 0 Å². The SMILES string of the molecule is CCS(=O)(=O)C1CCCc2ccccc2C1N. The van der Waals surface area contributed by atoms with Crippen LogP contribution in [0.1, 0.15) is 36.9 Å². The van der Waals surface area contributed by atoms with Gasteiger partial charge in [-0.2, -0.15) is 0 Å². The summed E-state index contributed by atoms with van der Waals surface area (Å²) in [5.74, 6) is 0.174. The van der Waals surface area contributed by atoms with Gasteiger partial charge in [-0.05, 0) is 30.4 Å². The monoisotopic (exact) mass is 253 g/mol. The highest BCUT2D eigenvalue weighted by molar-refractivity contribution is 7.92. The number of sulfone groups is 1. The number of rotatable bonds is 2. The predicted octanol–water partition coefficient (Wildman–Crippen LogP) is 1.83. The summed E-state index contributed by atoms with van der Waals surface area (Å²) in [6, 6.07) is 7.55. The lowest BCUT2D eigenvalue weighted by Crippen LogP contribution is -2.34. The molecule has 2 atom stereocenters. The van der Waals surface area contributed by atoms with Gasteiger partial charge in [0, 0.05) is 11.8 Å². The molecule has 0 bridgehead atoms. The maximum absolute atomic E-state index is 12.0. The molecule has 94 valence electrons. The van der Waals surface area contributed by atoms with Crippen molar-refractivity contribution >= 4 is 9.84 Å². The molecule has 17 heavy (non-hydrogen) atoms. The molecule has 4 heteroatoms. The lowest BCUT2D eigenvalue weighted by Gasteiger charge is -2.22. The van der Waals surface area contributed by atoms with Crippen molar-refractivity contribution in [3.05, 3.63) is 35.4 Å². The average molecular weight is 253 g/mol. The van der Waals surface area contributed by atoms with Crippen molar-refractivity contribution in [3.63, 3.8) is 0 Å². The van der Waals surface area contributed by atoms with E-state index in [1.807, 2.05) is 18.2 Å². The van der Waals surface area contributed by atoms with E-state index in [1.54, 1.807) is 6.92 Å². The van der Waals surface area contributed by atoms with Crippen LogP contribution in [0.2, 0.25) is 0 Å². The van der Waals surface area contributed by atoms with Crippen LogP contribution < -0.4 is 5.73 Å². The summed E-state index contributed by atoms with van der Waals surface area (Å²) < 4.78 is 24.1. The molecular formula is C13H19NO2S. The van der Waals surface area contributed by atoms with Gasteiger partial charge >= 0.3 is 0 Å². The van der Waals surface area contributed by atoms with E-state index in [2.05, 4.69) is 6.07 Å². The van der Waals surface area contributed by atoms with Crippen LogP contribution in [0.25, 0.3) is 0 Å². The Labute approximate surface area is 103 Å². The molecule has 1 aromatic rings. The fourth-order valence-corrected chi connectivity index (χ4v) is 4.12. The van der Waals surface area contributed by atoms with Gasteiger partial charge in [0.25, 0.3) is 0 Å². The van der Waals surface area contributed by atoms with Gasteiger partial charge in [-0.1, -0.05) is 31.2 Å². The first kappa shape index (κ1) is 12.6. The van der Waals surface area contributed by atoms with Crippen LogP contribution in [-0.2, 0) is 16.3 Å². The molecule has 0 saturated carbocycles. The summed E-state index contributed by atoms with van der Waals surface area (Å²) in [7, 11) is -3.06. The van der Waals surface area contributed by atoms with E-state index in [9.17, 15) is 8.42 Å². The van der Waals surface area contributed by atoms with Gasteiger partial charge in [0.1, 0.15) is 0 Å². The standard InChI is InChI=1S/C13H19NO2S/c1-2-17(15,16)12-9-5-7-10-6-3-4-8-11(10)13(12)14/h3-4,6,8,12-13H,2,5,7,9,14H2,1H3. The molecule has 0 aliphatic heterocycles. The van der Waals surface area contributed by atoms with E-state index in [-0.39, 0.29) is 11.8 Å². The molecule has 1 aliphatic rings. The van der Waals surface area contributed by atoms with E-state index in [0.717, 1.165) is 18.4 Å². The van der Waals surface area contributed by atoms with Crippen molar-refractivity contribution < 1.29 is 8.42 Å². The normalized spacial score (nSPS) is 25.1. The lowest BCUT2D eigenvalue weighted by molar-refractivity contribution is 0.541. The zero-order valence-corrected chi connectivity index (χ0v) is 10.9. The highest BCUT2D eigenvalue weighted by atomic mass is 32.2. The third kappa shape index (κ3) is 2.38. The van der Waals surface area contributed by atoms with Gasteiger partial charge in [-0.3, -0.25) is 0 Å². The average Bonchev–Trinajstić information content (AvgIpc) is 2.50. The fourth-order valence-electron chi connectivity index (χ4n) is 2.58. The fraction of sp³-hybridized carbons (Fsp3) is 0.538. The first-order valence-corrected chi connectivity index (χ1v) is 7.82. The van der Waals surface area contributed by atoms with Crippen LogP contribution in [0.15, 0.2) is 24.3 Å². The highest BCUT2D eigenvalue weighted by Crippen LogP contribution is 2.31. The van der Waals surface area contributed by atoms with Gasteiger partial charge in [0.05, 0.1) is 5.25 Å². The Morgan fingerprint density at radius 2 is 2.06 bits per heavy atom.